The van der Waals surface area contributed by atoms with Crippen LogP contribution in [-0.2, 0) is 4.79 Å². The Morgan fingerprint density at radius 3 is 2.75 bits per heavy atom. The predicted molar refractivity (Wildman–Crippen MR) is 96.6 cm³/mol. The van der Waals surface area contributed by atoms with Crippen LogP contribution in [0.15, 0.2) is 42.0 Å². The fraction of sp³-hybridized carbons (Fsp3) is 0.450. The quantitative estimate of drug-likeness (QED) is 0.307. The summed E-state index contributed by atoms with van der Waals surface area (Å²) in [6.07, 6.45) is 8.86. The molecule has 4 nitrogen and oxygen atoms in total. The van der Waals surface area contributed by atoms with Gasteiger partial charge in [0, 0.05) is 12.5 Å². The van der Waals surface area contributed by atoms with E-state index in [1.165, 1.54) is 17.7 Å². The third-order valence-corrected chi connectivity index (χ3v) is 5.01. The molecule has 1 atom stereocenters. The minimum Gasteiger partial charge on any atom is -0.295 e. The number of rotatable bonds is 6. The number of nitrogens with zero attached hydrogens (tertiary/aromatic N) is 1. The SMILES string of the molecule is CC1=CCCC(C)(C)C1CCC(=O)/C=C/c1ccccc1[N+](=O)[O-]. The van der Waals surface area contributed by atoms with Crippen molar-refractivity contribution in [1.29, 1.82) is 0 Å². The van der Waals surface area contributed by atoms with Crippen LogP contribution in [0.3, 0.4) is 0 Å². The summed E-state index contributed by atoms with van der Waals surface area (Å²) in [5.74, 6) is 0.442. The summed E-state index contributed by atoms with van der Waals surface area (Å²) in [6, 6.07) is 6.45. The predicted octanol–water partition coefficient (Wildman–Crippen LogP) is 5.34. The van der Waals surface area contributed by atoms with Crippen molar-refractivity contribution in [2.75, 3.05) is 0 Å². The lowest BCUT2D eigenvalue weighted by Gasteiger charge is -2.38. The second-order valence-electron chi connectivity index (χ2n) is 7.18. The molecule has 0 spiro atoms. The molecule has 0 heterocycles. The Bertz CT molecular complexity index is 686. The van der Waals surface area contributed by atoms with Crippen LogP contribution in [0.1, 0.15) is 52.0 Å². The Hall–Kier alpha value is -2.23. The first-order valence-electron chi connectivity index (χ1n) is 8.42. The van der Waals surface area contributed by atoms with Crippen molar-refractivity contribution in [2.45, 2.75) is 46.5 Å². The van der Waals surface area contributed by atoms with Gasteiger partial charge < -0.3 is 0 Å². The van der Waals surface area contributed by atoms with Crippen LogP contribution < -0.4 is 0 Å². The Morgan fingerprint density at radius 2 is 2.08 bits per heavy atom. The molecule has 2 rings (SSSR count). The third kappa shape index (κ3) is 4.40. The van der Waals surface area contributed by atoms with Crippen LogP contribution in [-0.4, -0.2) is 10.7 Å². The normalized spacial score (nSPS) is 20.0. The number of hydrogen-bond acceptors (Lipinski definition) is 3. The first-order valence-corrected chi connectivity index (χ1v) is 8.42. The summed E-state index contributed by atoms with van der Waals surface area (Å²) in [5.41, 5.74) is 2.08. The van der Waals surface area contributed by atoms with Crippen molar-refractivity contribution >= 4 is 17.5 Å². The minimum absolute atomic E-state index is 0.0160. The van der Waals surface area contributed by atoms with Gasteiger partial charge in [-0.25, -0.2) is 0 Å². The molecular formula is C20H25NO3. The van der Waals surface area contributed by atoms with Crippen molar-refractivity contribution in [2.24, 2.45) is 11.3 Å². The van der Waals surface area contributed by atoms with E-state index in [0.717, 1.165) is 19.3 Å². The van der Waals surface area contributed by atoms with E-state index >= 15 is 0 Å². The highest BCUT2D eigenvalue weighted by atomic mass is 16.6. The average Bonchev–Trinajstić information content (AvgIpc) is 2.52. The topological polar surface area (TPSA) is 60.2 Å². The van der Waals surface area contributed by atoms with Gasteiger partial charge in [0.15, 0.2) is 5.78 Å². The number of allylic oxidation sites excluding steroid dienone is 3. The summed E-state index contributed by atoms with van der Waals surface area (Å²) in [5, 5.41) is 11.0. The van der Waals surface area contributed by atoms with Gasteiger partial charge in [-0.3, -0.25) is 14.9 Å². The van der Waals surface area contributed by atoms with Crippen molar-refractivity contribution in [1.82, 2.24) is 0 Å². The highest BCUT2D eigenvalue weighted by Crippen LogP contribution is 2.43. The Morgan fingerprint density at radius 1 is 1.38 bits per heavy atom. The molecule has 0 radical (unpaired) electrons. The molecule has 1 aromatic rings. The van der Waals surface area contributed by atoms with Crippen LogP contribution >= 0.6 is 0 Å². The van der Waals surface area contributed by atoms with E-state index < -0.39 is 4.92 Å². The Labute approximate surface area is 143 Å². The van der Waals surface area contributed by atoms with Crippen molar-refractivity contribution in [3.8, 4) is 0 Å². The third-order valence-electron chi connectivity index (χ3n) is 5.01. The maximum Gasteiger partial charge on any atom is 0.276 e. The molecule has 0 saturated carbocycles. The Kier molecular flexibility index (Phi) is 5.71. The number of nitro benzene ring substituents is 1. The molecule has 128 valence electrons. The summed E-state index contributed by atoms with van der Waals surface area (Å²) < 4.78 is 0. The summed E-state index contributed by atoms with van der Waals surface area (Å²) in [7, 11) is 0. The highest BCUT2D eigenvalue weighted by Gasteiger charge is 2.32. The number of benzene rings is 1. The van der Waals surface area contributed by atoms with Gasteiger partial charge in [-0.05, 0) is 55.7 Å². The first-order chi connectivity index (χ1) is 11.3. The molecule has 0 N–H and O–H groups in total. The summed E-state index contributed by atoms with van der Waals surface area (Å²) in [6.45, 7) is 6.68. The maximum atomic E-state index is 12.2. The standard InChI is InChI=1S/C20H25NO3/c1-15-7-6-14-20(2,3)18(15)13-12-17(22)11-10-16-8-4-5-9-19(16)21(23)24/h4-5,7-11,18H,6,12-14H2,1-3H3/b11-10+. The van der Waals surface area contributed by atoms with Gasteiger partial charge in [0.2, 0.25) is 0 Å². The number of para-hydroxylation sites is 1. The van der Waals surface area contributed by atoms with Crippen molar-refractivity contribution in [3.05, 3.63) is 57.7 Å². The monoisotopic (exact) mass is 327 g/mol. The largest absolute Gasteiger partial charge is 0.295 e. The number of nitro groups is 1. The molecule has 0 aromatic heterocycles. The van der Waals surface area contributed by atoms with E-state index in [-0.39, 0.29) is 16.9 Å². The molecule has 0 saturated heterocycles. The maximum absolute atomic E-state index is 12.2. The Balaban J connectivity index is 2.00. The van der Waals surface area contributed by atoms with Crippen LogP contribution in [0, 0.1) is 21.4 Å². The summed E-state index contributed by atoms with van der Waals surface area (Å²) in [4.78, 5) is 22.7. The van der Waals surface area contributed by atoms with Gasteiger partial charge >= 0.3 is 0 Å². The van der Waals surface area contributed by atoms with E-state index in [2.05, 4.69) is 26.8 Å². The molecule has 0 amide bonds. The average molecular weight is 327 g/mol. The number of carbonyl (C=O) groups is 1. The molecule has 24 heavy (non-hydrogen) atoms. The van der Waals surface area contributed by atoms with Gasteiger partial charge in [0.05, 0.1) is 10.5 Å². The molecule has 4 heteroatoms. The van der Waals surface area contributed by atoms with E-state index in [4.69, 9.17) is 0 Å². The molecule has 1 aliphatic rings. The molecule has 0 aliphatic heterocycles. The van der Waals surface area contributed by atoms with Crippen LogP contribution in [0.25, 0.3) is 6.08 Å². The number of ketones is 1. The lowest BCUT2D eigenvalue weighted by Crippen LogP contribution is -2.28. The van der Waals surface area contributed by atoms with Gasteiger partial charge in [-0.15, -0.1) is 0 Å². The van der Waals surface area contributed by atoms with Gasteiger partial charge in [0.25, 0.3) is 5.69 Å². The smallest absolute Gasteiger partial charge is 0.276 e. The zero-order valence-corrected chi connectivity index (χ0v) is 14.6. The number of hydrogen-bond donors (Lipinski definition) is 0. The van der Waals surface area contributed by atoms with Gasteiger partial charge in [-0.2, -0.15) is 0 Å². The summed E-state index contributed by atoms with van der Waals surface area (Å²) >= 11 is 0. The molecule has 1 aliphatic carbocycles. The second-order valence-corrected chi connectivity index (χ2v) is 7.18. The molecule has 1 aromatic carbocycles. The lowest BCUT2D eigenvalue weighted by atomic mass is 9.67. The van der Waals surface area contributed by atoms with E-state index in [9.17, 15) is 14.9 Å². The zero-order valence-electron chi connectivity index (χ0n) is 14.6. The highest BCUT2D eigenvalue weighted by molar-refractivity contribution is 5.94. The fourth-order valence-corrected chi connectivity index (χ4v) is 3.57. The van der Waals surface area contributed by atoms with Crippen LogP contribution in [0.4, 0.5) is 5.69 Å². The van der Waals surface area contributed by atoms with Crippen molar-refractivity contribution < 1.29 is 9.72 Å². The molecule has 1 unspecified atom stereocenters. The van der Waals surface area contributed by atoms with Gasteiger partial charge in [0.1, 0.15) is 0 Å². The van der Waals surface area contributed by atoms with Crippen LogP contribution in [0.5, 0.6) is 0 Å². The number of carbonyl (C=O) groups excluding carboxylic acids is 1. The van der Waals surface area contributed by atoms with Crippen molar-refractivity contribution in [3.63, 3.8) is 0 Å². The minimum atomic E-state index is -0.428. The molecule has 0 fully saturated rings. The zero-order chi connectivity index (χ0) is 17.7. The van der Waals surface area contributed by atoms with E-state index in [1.54, 1.807) is 24.3 Å². The van der Waals surface area contributed by atoms with Crippen LogP contribution in [0.2, 0.25) is 0 Å². The molecular weight excluding hydrogens is 302 g/mol. The molecule has 0 bridgehead atoms. The van der Waals surface area contributed by atoms with Gasteiger partial charge in [-0.1, -0.05) is 37.6 Å². The fourth-order valence-electron chi connectivity index (χ4n) is 3.57. The van der Waals surface area contributed by atoms with E-state index in [0.29, 0.717) is 17.9 Å². The second kappa shape index (κ2) is 7.56. The first kappa shape index (κ1) is 18.1. The van der Waals surface area contributed by atoms with E-state index in [1.807, 2.05) is 0 Å². The lowest BCUT2D eigenvalue weighted by molar-refractivity contribution is -0.385.